The van der Waals surface area contributed by atoms with Gasteiger partial charge in [-0.1, -0.05) is 12.1 Å². The molecule has 0 bridgehead atoms. The summed E-state index contributed by atoms with van der Waals surface area (Å²) in [5.74, 6) is 0.958. The molecule has 1 aromatic heterocycles. The summed E-state index contributed by atoms with van der Waals surface area (Å²) in [7, 11) is 1.71. The Balaban J connectivity index is 1.58. The molecule has 1 saturated heterocycles. The molecule has 5 heteroatoms. The maximum atomic E-state index is 12.7. The smallest absolute Gasteiger partial charge is 0.253 e. The van der Waals surface area contributed by atoms with Crippen LogP contribution in [0.2, 0.25) is 0 Å². The fourth-order valence-electron chi connectivity index (χ4n) is 4.04. The number of rotatable bonds is 2. The molecule has 2 aliphatic rings. The summed E-state index contributed by atoms with van der Waals surface area (Å²) >= 11 is 0. The van der Waals surface area contributed by atoms with Crippen LogP contribution in [-0.4, -0.2) is 42.6 Å². The van der Waals surface area contributed by atoms with Gasteiger partial charge in [-0.15, -0.1) is 0 Å². The second-order valence-corrected chi connectivity index (χ2v) is 6.62. The van der Waals surface area contributed by atoms with E-state index in [1.165, 1.54) is 11.1 Å². The van der Waals surface area contributed by atoms with Gasteiger partial charge < -0.3 is 14.4 Å². The van der Waals surface area contributed by atoms with Crippen molar-refractivity contribution in [2.45, 2.75) is 24.9 Å². The van der Waals surface area contributed by atoms with Crippen LogP contribution in [0.5, 0.6) is 5.75 Å². The highest BCUT2D eigenvalue weighted by molar-refractivity contribution is 5.94. The number of benzene rings is 1. The van der Waals surface area contributed by atoms with E-state index in [0.29, 0.717) is 18.7 Å². The van der Waals surface area contributed by atoms with Gasteiger partial charge >= 0.3 is 0 Å². The first-order valence-electron chi connectivity index (χ1n) is 8.73. The molecule has 0 saturated carbocycles. The molecule has 3 heterocycles. The summed E-state index contributed by atoms with van der Waals surface area (Å²) < 4.78 is 11.9. The largest absolute Gasteiger partial charge is 0.496 e. The molecule has 1 aromatic carbocycles. The van der Waals surface area contributed by atoms with E-state index in [1.807, 2.05) is 17.0 Å². The van der Waals surface area contributed by atoms with Crippen LogP contribution in [-0.2, 0) is 16.8 Å². The molecule has 130 valence electrons. The Labute approximate surface area is 147 Å². The number of amides is 1. The molecular formula is C20H22N2O3. The maximum Gasteiger partial charge on any atom is 0.253 e. The number of fused-ring (bicyclic) bond motifs is 2. The van der Waals surface area contributed by atoms with Gasteiger partial charge in [0, 0.05) is 36.6 Å². The van der Waals surface area contributed by atoms with Crippen molar-refractivity contribution >= 4 is 5.91 Å². The molecule has 25 heavy (non-hydrogen) atoms. The molecule has 0 N–H and O–H groups in total. The van der Waals surface area contributed by atoms with Crippen LogP contribution in [0.4, 0.5) is 0 Å². The van der Waals surface area contributed by atoms with Gasteiger partial charge in [-0.3, -0.25) is 9.78 Å². The average Bonchev–Trinajstić information content (AvgIpc) is 2.68. The van der Waals surface area contributed by atoms with Crippen molar-refractivity contribution in [2.24, 2.45) is 0 Å². The number of aromatic nitrogens is 1. The quantitative estimate of drug-likeness (QED) is 0.845. The zero-order chi connectivity index (χ0) is 17.3. The fraction of sp³-hybridized carbons (Fsp3) is 0.400. The van der Waals surface area contributed by atoms with Gasteiger partial charge in [-0.2, -0.15) is 0 Å². The summed E-state index contributed by atoms with van der Waals surface area (Å²) in [4.78, 5) is 18.6. The monoisotopic (exact) mass is 338 g/mol. The van der Waals surface area contributed by atoms with E-state index in [4.69, 9.17) is 9.47 Å². The third kappa shape index (κ3) is 2.78. The predicted molar refractivity (Wildman–Crippen MR) is 93.7 cm³/mol. The molecule has 2 aromatic rings. The number of carbonyl (C=O) groups is 1. The van der Waals surface area contributed by atoms with Crippen molar-refractivity contribution in [3.63, 3.8) is 0 Å². The lowest BCUT2D eigenvalue weighted by Gasteiger charge is -2.45. The van der Waals surface area contributed by atoms with E-state index in [1.54, 1.807) is 31.6 Å². The van der Waals surface area contributed by atoms with Gasteiger partial charge in [0.25, 0.3) is 5.91 Å². The normalized spacial score (nSPS) is 18.7. The Kier molecular flexibility index (Phi) is 4.17. The van der Waals surface area contributed by atoms with Crippen LogP contribution in [0.15, 0.2) is 42.7 Å². The molecule has 4 rings (SSSR count). The number of hydrogen-bond acceptors (Lipinski definition) is 4. The lowest BCUT2D eigenvalue weighted by Crippen LogP contribution is -2.48. The zero-order valence-corrected chi connectivity index (χ0v) is 14.4. The number of piperidine rings is 1. The molecule has 1 amide bonds. The second kappa shape index (κ2) is 6.48. The van der Waals surface area contributed by atoms with Crippen molar-refractivity contribution in [1.29, 1.82) is 0 Å². The molecular weight excluding hydrogens is 316 g/mol. The van der Waals surface area contributed by atoms with Gasteiger partial charge in [0.05, 0.1) is 13.7 Å². The molecule has 1 fully saturated rings. The minimum atomic E-state index is -0.338. The van der Waals surface area contributed by atoms with Crippen molar-refractivity contribution in [3.05, 3.63) is 59.4 Å². The van der Waals surface area contributed by atoms with Crippen LogP contribution in [0.1, 0.15) is 34.3 Å². The SMILES string of the molecule is COc1cccc2c1C1(CCN(C(=O)c3ccncc3)CC1)OCC2. The van der Waals surface area contributed by atoms with E-state index in [9.17, 15) is 4.79 Å². The molecule has 0 aliphatic carbocycles. The van der Waals surface area contributed by atoms with Crippen LogP contribution in [0, 0.1) is 0 Å². The number of carbonyl (C=O) groups excluding carboxylic acids is 1. The average molecular weight is 338 g/mol. The summed E-state index contributed by atoms with van der Waals surface area (Å²) in [5, 5.41) is 0. The number of ether oxygens (including phenoxy) is 2. The van der Waals surface area contributed by atoms with Gasteiger partial charge in [0.2, 0.25) is 0 Å². The van der Waals surface area contributed by atoms with E-state index in [2.05, 4.69) is 11.1 Å². The molecule has 2 aliphatic heterocycles. The highest BCUT2D eigenvalue weighted by atomic mass is 16.5. The summed E-state index contributed by atoms with van der Waals surface area (Å²) in [6.07, 6.45) is 5.80. The van der Waals surface area contributed by atoms with E-state index in [0.717, 1.165) is 31.6 Å². The fourth-order valence-corrected chi connectivity index (χ4v) is 4.04. The highest BCUT2D eigenvalue weighted by Gasteiger charge is 2.43. The van der Waals surface area contributed by atoms with E-state index >= 15 is 0 Å². The van der Waals surface area contributed by atoms with Gasteiger partial charge in [0.1, 0.15) is 11.4 Å². The summed E-state index contributed by atoms with van der Waals surface area (Å²) in [5.41, 5.74) is 2.84. The third-order valence-corrected chi connectivity index (χ3v) is 5.32. The minimum absolute atomic E-state index is 0.0632. The number of likely N-dealkylation sites (tertiary alicyclic amines) is 1. The van der Waals surface area contributed by atoms with Crippen molar-refractivity contribution in [1.82, 2.24) is 9.88 Å². The molecule has 1 spiro atoms. The van der Waals surface area contributed by atoms with Crippen LogP contribution in [0.3, 0.4) is 0 Å². The van der Waals surface area contributed by atoms with Crippen LogP contribution in [0.25, 0.3) is 0 Å². The van der Waals surface area contributed by atoms with Crippen molar-refractivity contribution < 1.29 is 14.3 Å². The van der Waals surface area contributed by atoms with Gasteiger partial charge in [-0.05, 0) is 43.0 Å². The first-order chi connectivity index (χ1) is 12.2. The number of hydrogen-bond donors (Lipinski definition) is 0. The van der Waals surface area contributed by atoms with Crippen LogP contribution >= 0.6 is 0 Å². The Morgan fingerprint density at radius 1 is 1.20 bits per heavy atom. The lowest BCUT2D eigenvalue weighted by atomic mass is 9.78. The Hall–Kier alpha value is -2.40. The molecule has 0 radical (unpaired) electrons. The maximum absolute atomic E-state index is 12.7. The zero-order valence-electron chi connectivity index (χ0n) is 14.4. The molecule has 0 atom stereocenters. The second-order valence-electron chi connectivity index (χ2n) is 6.62. The van der Waals surface area contributed by atoms with Gasteiger partial charge in [-0.25, -0.2) is 0 Å². The standard InChI is InChI=1S/C20H22N2O3/c1-24-17-4-2-3-15-7-14-25-20(18(15)17)8-12-22(13-9-20)19(23)16-5-10-21-11-6-16/h2-6,10-11H,7-9,12-14H2,1H3. The molecule has 0 unspecified atom stereocenters. The number of pyridine rings is 1. The van der Waals surface area contributed by atoms with Crippen molar-refractivity contribution in [2.75, 3.05) is 26.8 Å². The Bertz CT molecular complexity index is 754. The first-order valence-corrected chi connectivity index (χ1v) is 8.73. The lowest BCUT2D eigenvalue weighted by molar-refractivity contribution is -0.0946. The Morgan fingerprint density at radius 2 is 1.96 bits per heavy atom. The van der Waals surface area contributed by atoms with E-state index in [-0.39, 0.29) is 11.5 Å². The summed E-state index contributed by atoms with van der Waals surface area (Å²) in [6, 6.07) is 9.74. The number of nitrogens with zero attached hydrogens (tertiary/aromatic N) is 2. The third-order valence-electron chi connectivity index (χ3n) is 5.32. The van der Waals surface area contributed by atoms with Gasteiger partial charge in [0.15, 0.2) is 0 Å². The van der Waals surface area contributed by atoms with E-state index < -0.39 is 0 Å². The highest BCUT2D eigenvalue weighted by Crippen LogP contribution is 2.45. The minimum Gasteiger partial charge on any atom is -0.496 e. The summed E-state index contributed by atoms with van der Waals surface area (Å²) in [6.45, 7) is 2.08. The topological polar surface area (TPSA) is 51.7 Å². The first kappa shape index (κ1) is 16.1. The van der Waals surface area contributed by atoms with Crippen molar-refractivity contribution in [3.8, 4) is 5.75 Å². The predicted octanol–water partition coefficient (Wildman–Crippen LogP) is 2.79. The number of methoxy groups -OCH3 is 1. The Morgan fingerprint density at radius 3 is 2.68 bits per heavy atom. The van der Waals surface area contributed by atoms with Crippen LogP contribution < -0.4 is 4.74 Å². The molecule has 5 nitrogen and oxygen atoms in total.